The molecule has 2 aromatic carbocycles. The zero-order valence-electron chi connectivity index (χ0n) is 16.8. The number of ether oxygens (including phenoxy) is 2. The minimum absolute atomic E-state index is 0.291. The van der Waals surface area contributed by atoms with Crippen molar-refractivity contribution in [3.05, 3.63) is 52.9 Å². The minimum Gasteiger partial charge on any atom is -0.495 e. The normalized spacial score (nSPS) is 14.0. The highest BCUT2D eigenvalue weighted by Crippen LogP contribution is 2.36. The molecule has 30 heavy (non-hydrogen) atoms. The van der Waals surface area contributed by atoms with E-state index >= 15 is 0 Å². The summed E-state index contributed by atoms with van der Waals surface area (Å²) in [5.41, 5.74) is 1.73. The van der Waals surface area contributed by atoms with Gasteiger partial charge >= 0.3 is 0 Å². The molecular weight excluding hydrogens is 406 g/mol. The van der Waals surface area contributed by atoms with Crippen LogP contribution in [-0.4, -0.2) is 30.3 Å². The molecule has 4 rings (SSSR count). The SMILES string of the molecule is COc1cc(OC)c(NC(=O)c2ccc(-c3noc(C4CCCC4)n3)cc2)cc1Cl. The topological polar surface area (TPSA) is 86.5 Å². The molecule has 1 aromatic heterocycles. The van der Waals surface area contributed by atoms with Gasteiger partial charge in [-0.2, -0.15) is 4.98 Å². The molecule has 156 valence electrons. The molecule has 0 spiro atoms. The predicted octanol–water partition coefficient (Wildman–Crippen LogP) is 5.32. The van der Waals surface area contributed by atoms with Crippen LogP contribution < -0.4 is 14.8 Å². The van der Waals surface area contributed by atoms with Crippen molar-refractivity contribution in [3.8, 4) is 22.9 Å². The number of anilines is 1. The molecule has 7 nitrogen and oxygen atoms in total. The third-order valence-corrected chi connectivity index (χ3v) is 5.57. The average molecular weight is 428 g/mol. The standard InChI is InChI=1S/C22H22ClN3O4/c1-28-18-12-19(29-2)17(11-16(18)23)24-21(27)14-9-7-13(8-10-14)20-25-22(30-26-20)15-5-3-4-6-15/h7-12,15H,3-6H2,1-2H3,(H,24,27). The van der Waals surface area contributed by atoms with E-state index in [-0.39, 0.29) is 5.91 Å². The second kappa shape index (κ2) is 8.75. The predicted molar refractivity (Wildman–Crippen MR) is 113 cm³/mol. The van der Waals surface area contributed by atoms with E-state index in [9.17, 15) is 4.79 Å². The molecule has 1 N–H and O–H groups in total. The number of rotatable bonds is 6. The summed E-state index contributed by atoms with van der Waals surface area (Å²) in [7, 11) is 3.03. The summed E-state index contributed by atoms with van der Waals surface area (Å²) in [6, 6.07) is 10.3. The molecule has 1 heterocycles. The summed E-state index contributed by atoms with van der Waals surface area (Å²) >= 11 is 6.17. The van der Waals surface area contributed by atoms with Crippen LogP contribution in [0.2, 0.25) is 5.02 Å². The van der Waals surface area contributed by atoms with E-state index in [0.717, 1.165) is 18.4 Å². The largest absolute Gasteiger partial charge is 0.495 e. The Labute approximate surface area is 179 Å². The van der Waals surface area contributed by atoms with Gasteiger partial charge in [-0.3, -0.25) is 4.79 Å². The number of methoxy groups -OCH3 is 2. The van der Waals surface area contributed by atoms with Gasteiger partial charge in [0.25, 0.3) is 5.91 Å². The molecule has 1 saturated carbocycles. The zero-order valence-corrected chi connectivity index (χ0v) is 17.5. The fourth-order valence-electron chi connectivity index (χ4n) is 3.61. The molecule has 8 heteroatoms. The van der Waals surface area contributed by atoms with Crippen molar-refractivity contribution >= 4 is 23.2 Å². The summed E-state index contributed by atoms with van der Waals surface area (Å²) < 4.78 is 15.9. The Kier molecular flexibility index (Phi) is 5.90. The summed E-state index contributed by atoms with van der Waals surface area (Å²) in [4.78, 5) is 17.2. The van der Waals surface area contributed by atoms with Crippen molar-refractivity contribution in [1.29, 1.82) is 0 Å². The molecule has 3 aromatic rings. The van der Waals surface area contributed by atoms with Gasteiger partial charge in [0.2, 0.25) is 11.7 Å². The van der Waals surface area contributed by atoms with Crippen LogP contribution in [-0.2, 0) is 0 Å². The number of benzene rings is 2. The van der Waals surface area contributed by atoms with Crippen LogP contribution in [0.25, 0.3) is 11.4 Å². The Hall–Kier alpha value is -3.06. The first-order chi connectivity index (χ1) is 14.6. The molecule has 1 aliphatic rings. The van der Waals surface area contributed by atoms with Crippen LogP contribution >= 0.6 is 11.6 Å². The number of carbonyl (C=O) groups is 1. The van der Waals surface area contributed by atoms with Gasteiger partial charge in [-0.15, -0.1) is 0 Å². The van der Waals surface area contributed by atoms with Crippen molar-refractivity contribution in [3.63, 3.8) is 0 Å². The first kappa shape index (κ1) is 20.2. The fraction of sp³-hybridized carbons (Fsp3) is 0.318. The van der Waals surface area contributed by atoms with E-state index in [1.807, 2.05) is 0 Å². The number of halogens is 1. The maximum absolute atomic E-state index is 12.7. The summed E-state index contributed by atoms with van der Waals surface area (Å²) in [6.07, 6.45) is 4.60. The number of nitrogens with zero attached hydrogens (tertiary/aromatic N) is 2. The van der Waals surface area contributed by atoms with E-state index in [4.69, 9.17) is 25.6 Å². The summed E-state index contributed by atoms with van der Waals surface area (Å²) in [5, 5.41) is 7.28. The Bertz CT molecular complexity index is 1040. The van der Waals surface area contributed by atoms with Gasteiger partial charge in [0.05, 0.1) is 24.9 Å². The number of hydrogen-bond donors (Lipinski definition) is 1. The smallest absolute Gasteiger partial charge is 0.255 e. The van der Waals surface area contributed by atoms with Crippen molar-refractivity contribution < 1.29 is 18.8 Å². The monoisotopic (exact) mass is 427 g/mol. The third kappa shape index (κ3) is 4.11. The highest BCUT2D eigenvalue weighted by molar-refractivity contribution is 6.32. The second-order valence-electron chi connectivity index (χ2n) is 7.16. The van der Waals surface area contributed by atoms with Crippen LogP contribution in [0.15, 0.2) is 40.9 Å². The molecule has 0 atom stereocenters. The van der Waals surface area contributed by atoms with E-state index in [0.29, 0.717) is 45.4 Å². The third-order valence-electron chi connectivity index (χ3n) is 5.27. The fourth-order valence-corrected chi connectivity index (χ4v) is 3.85. The quantitative estimate of drug-likeness (QED) is 0.573. The maximum atomic E-state index is 12.7. The lowest BCUT2D eigenvalue weighted by Crippen LogP contribution is -2.12. The van der Waals surface area contributed by atoms with E-state index < -0.39 is 0 Å². The van der Waals surface area contributed by atoms with Gasteiger partial charge in [-0.25, -0.2) is 0 Å². The number of carbonyl (C=O) groups excluding carboxylic acids is 1. The van der Waals surface area contributed by atoms with Crippen molar-refractivity contribution in [2.75, 3.05) is 19.5 Å². The number of amides is 1. The van der Waals surface area contributed by atoms with Gasteiger partial charge < -0.3 is 19.3 Å². The first-order valence-electron chi connectivity index (χ1n) is 9.76. The lowest BCUT2D eigenvalue weighted by Gasteiger charge is -2.13. The van der Waals surface area contributed by atoms with Crippen LogP contribution in [0.1, 0.15) is 47.8 Å². The Morgan fingerprint density at radius 2 is 1.80 bits per heavy atom. The lowest BCUT2D eigenvalue weighted by molar-refractivity contribution is 0.102. The highest BCUT2D eigenvalue weighted by atomic mass is 35.5. The van der Waals surface area contributed by atoms with Gasteiger partial charge in [-0.05, 0) is 31.0 Å². The van der Waals surface area contributed by atoms with Crippen molar-refractivity contribution in [2.24, 2.45) is 0 Å². The second-order valence-corrected chi connectivity index (χ2v) is 7.56. The Balaban J connectivity index is 1.49. The van der Waals surface area contributed by atoms with Crippen LogP contribution in [0, 0.1) is 0 Å². The summed E-state index contributed by atoms with van der Waals surface area (Å²) in [6.45, 7) is 0. The van der Waals surface area contributed by atoms with Gasteiger partial charge in [-0.1, -0.05) is 41.7 Å². The molecule has 0 unspecified atom stereocenters. The molecule has 1 fully saturated rings. The molecule has 0 radical (unpaired) electrons. The number of aromatic nitrogens is 2. The molecule has 1 amide bonds. The lowest BCUT2D eigenvalue weighted by atomic mass is 10.1. The highest BCUT2D eigenvalue weighted by Gasteiger charge is 2.23. The van der Waals surface area contributed by atoms with E-state index in [1.165, 1.54) is 27.1 Å². The van der Waals surface area contributed by atoms with Gasteiger partial charge in [0.1, 0.15) is 11.5 Å². The summed E-state index contributed by atoms with van der Waals surface area (Å²) in [5.74, 6) is 2.23. The van der Waals surface area contributed by atoms with Crippen LogP contribution in [0.3, 0.4) is 0 Å². The molecule has 0 bridgehead atoms. The van der Waals surface area contributed by atoms with Crippen molar-refractivity contribution in [1.82, 2.24) is 10.1 Å². The van der Waals surface area contributed by atoms with E-state index in [2.05, 4.69) is 15.5 Å². The van der Waals surface area contributed by atoms with Gasteiger partial charge in [0, 0.05) is 23.1 Å². The minimum atomic E-state index is -0.291. The van der Waals surface area contributed by atoms with E-state index in [1.54, 1.807) is 36.4 Å². The Morgan fingerprint density at radius 3 is 2.47 bits per heavy atom. The maximum Gasteiger partial charge on any atom is 0.255 e. The number of nitrogens with one attached hydrogen (secondary N) is 1. The van der Waals surface area contributed by atoms with Crippen LogP contribution in [0.5, 0.6) is 11.5 Å². The Morgan fingerprint density at radius 1 is 1.10 bits per heavy atom. The first-order valence-corrected chi connectivity index (χ1v) is 10.1. The van der Waals surface area contributed by atoms with Crippen molar-refractivity contribution in [2.45, 2.75) is 31.6 Å². The molecule has 1 aliphatic carbocycles. The molecule has 0 aliphatic heterocycles. The number of hydrogen-bond acceptors (Lipinski definition) is 6. The van der Waals surface area contributed by atoms with Crippen LogP contribution in [0.4, 0.5) is 5.69 Å². The van der Waals surface area contributed by atoms with Gasteiger partial charge in [0.15, 0.2) is 0 Å². The molecular formula is C22H22ClN3O4. The zero-order chi connectivity index (χ0) is 21.1. The molecule has 0 saturated heterocycles. The average Bonchev–Trinajstić information content (AvgIpc) is 3.46.